The van der Waals surface area contributed by atoms with Crippen molar-refractivity contribution in [3.05, 3.63) is 47.3 Å². The molecule has 130 valence electrons. The SMILES string of the molecule is COc1ccc(Nc2nc(-c3ccc(OC)c(OC)c3)c(C)s2)cc1. The molecule has 25 heavy (non-hydrogen) atoms. The van der Waals surface area contributed by atoms with E-state index in [1.807, 2.05) is 42.5 Å². The fourth-order valence-electron chi connectivity index (χ4n) is 2.50. The van der Waals surface area contributed by atoms with Crippen molar-refractivity contribution >= 4 is 22.2 Å². The summed E-state index contributed by atoms with van der Waals surface area (Å²) in [5.41, 5.74) is 2.89. The van der Waals surface area contributed by atoms with E-state index in [-0.39, 0.29) is 0 Å². The lowest BCUT2D eigenvalue weighted by atomic mass is 10.1. The maximum atomic E-state index is 5.39. The Bertz CT molecular complexity index is 860. The van der Waals surface area contributed by atoms with Crippen molar-refractivity contribution in [3.8, 4) is 28.5 Å². The molecule has 0 unspecified atom stereocenters. The van der Waals surface area contributed by atoms with Crippen LogP contribution in [0.25, 0.3) is 11.3 Å². The number of hydrogen-bond donors (Lipinski definition) is 1. The molecular weight excluding hydrogens is 336 g/mol. The minimum Gasteiger partial charge on any atom is -0.497 e. The predicted octanol–water partition coefficient (Wildman–Crippen LogP) is 4.89. The van der Waals surface area contributed by atoms with Crippen molar-refractivity contribution in [2.75, 3.05) is 26.6 Å². The summed E-state index contributed by atoms with van der Waals surface area (Å²) in [6.07, 6.45) is 0. The van der Waals surface area contributed by atoms with Crippen molar-refractivity contribution < 1.29 is 14.2 Å². The average molecular weight is 356 g/mol. The Balaban J connectivity index is 1.86. The van der Waals surface area contributed by atoms with Gasteiger partial charge in [-0.1, -0.05) is 0 Å². The topological polar surface area (TPSA) is 52.6 Å². The third-order valence-corrected chi connectivity index (χ3v) is 4.68. The number of nitrogens with zero attached hydrogens (tertiary/aromatic N) is 1. The van der Waals surface area contributed by atoms with Crippen LogP contribution in [0.3, 0.4) is 0 Å². The summed E-state index contributed by atoms with van der Waals surface area (Å²) in [5, 5.41) is 4.17. The zero-order valence-electron chi connectivity index (χ0n) is 14.6. The first-order chi connectivity index (χ1) is 12.1. The minimum atomic E-state index is 0.692. The molecule has 0 atom stereocenters. The number of thiazole rings is 1. The third-order valence-electron chi connectivity index (χ3n) is 3.79. The van der Waals surface area contributed by atoms with Crippen LogP contribution in [-0.2, 0) is 0 Å². The van der Waals surface area contributed by atoms with Crippen LogP contribution in [0.15, 0.2) is 42.5 Å². The van der Waals surface area contributed by atoms with Gasteiger partial charge < -0.3 is 19.5 Å². The second kappa shape index (κ2) is 7.44. The molecular formula is C19H20N2O3S. The standard InChI is InChI=1S/C19H20N2O3S/c1-12-18(13-5-10-16(23-3)17(11-13)24-4)21-19(25-12)20-14-6-8-15(22-2)9-7-14/h5-11H,1-4H3,(H,20,21). The molecule has 6 heteroatoms. The summed E-state index contributed by atoms with van der Waals surface area (Å²) < 4.78 is 15.9. The summed E-state index contributed by atoms with van der Waals surface area (Å²) >= 11 is 1.61. The fourth-order valence-corrected chi connectivity index (χ4v) is 3.36. The molecule has 0 fully saturated rings. The molecule has 1 heterocycles. The van der Waals surface area contributed by atoms with Gasteiger partial charge in [0.25, 0.3) is 0 Å². The number of benzene rings is 2. The largest absolute Gasteiger partial charge is 0.497 e. The molecule has 0 spiro atoms. The molecule has 0 aliphatic heterocycles. The summed E-state index contributed by atoms with van der Waals surface area (Å²) in [7, 11) is 4.91. The van der Waals surface area contributed by atoms with Gasteiger partial charge in [0.1, 0.15) is 5.75 Å². The first-order valence-electron chi connectivity index (χ1n) is 7.75. The van der Waals surface area contributed by atoms with Crippen LogP contribution in [0.5, 0.6) is 17.2 Å². The van der Waals surface area contributed by atoms with E-state index in [2.05, 4.69) is 12.2 Å². The van der Waals surface area contributed by atoms with Gasteiger partial charge in [0.05, 0.1) is 27.0 Å². The van der Waals surface area contributed by atoms with Gasteiger partial charge in [0, 0.05) is 16.1 Å². The highest BCUT2D eigenvalue weighted by molar-refractivity contribution is 7.16. The van der Waals surface area contributed by atoms with Crippen LogP contribution >= 0.6 is 11.3 Å². The Morgan fingerprint density at radius 3 is 2.24 bits per heavy atom. The summed E-state index contributed by atoms with van der Waals surface area (Å²) in [6, 6.07) is 13.6. The monoisotopic (exact) mass is 356 g/mol. The maximum Gasteiger partial charge on any atom is 0.187 e. The van der Waals surface area contributed by atoms with Gasteiger partial charge in [-0.05, 0) is 49.4 Å². The highest BCUT2D eigenvalue weighted by Crippen LogP contribution is 2.36. The Hall–Kier alpha value is -2.73. The van der Waals surface area contributed by atoms with Crippen molar-refractivity contribution in [3.63, 3.8) is 0 Å². The molecule has 0 bridgehead atoms. The molecule has 2 aromatic carbocycles. The zero-order valence-corrected chi connectivity index (χ0v) is 15.4. The van der Waals surface area contributed by atoms with Gasteiger partial charge in [0.2, 0.25) is 0 Å². The lowest BCUT2D eigenvalue weighted by Crippen LogP contribution is -1.92. The highest BCUT2D eigenvalue weighted by atomic mass is 32.1. The second-order valence-corrected chi connectivity index (χ2v) is 6.55. The van der Waals surface area contributed by atoms with E-state index in [0.717, 1.165) is 32.7 Å². The number of methoxy groups -OCH3 is 3. The molecule has 0 radical (unpaired) electrons. The van der Waals surface area contributed by atoms with Gasteiger partial charge in [-0.25, -0.2) is 4.98 Å². The van der Waals surface area contributed by atoms with E-state index in [1.165, 1.54) is 0 Å². The van der Waals surface area contributed by atoms with Gasteiger partial charge >= 0.3 is 0 Å². The molecule has 0 amide bonds. The van der Waals surface area contributed by atoms with E-state index in [1.54, 1.807) is 32.7 Å². The summed E-state index contributed by atoms with van der Waals surface area (Å²) in [6.45, 7) is 2.06. The Morgan fingerprint density at radius 2 is 1.60 bits per heavy atom. The minimum absolute atomic E-state index is 0.692. The fraction of sp³-hybridized carbons (Fsp3) is 0.211. The van der Waals surface area contributed by atoms with Crippen molar-refractivity contribution in [1.82, 2.24) is 4.98 Å². The van der Waals surface area contributed by atoms with Gasteiger partial charge in [-0.3, -0.25) is 0 Å². The highest BCUT2D eigenvalue weighted by Gasteiger charge is 2.13. The van der Waals surface area contributed by atoms with Gasteiger partial charge in [-0.2, -0.15) is 0 Å². The smallest absolute Gasteiger partial charge is 0.187 e. The predicted molar refractivity (Wildman–Crippen MR) is 102 cm³/mol. The lowest BCUT2D eigenvalue weighted by molar-refractivity contribution is 0.355. The van der Waals surface area contributed by atoms with Gasteiger partial charge in [-0.15, -0.1) is 11.3 Å². The molecule has 0 saturated heterocycles. The number of aromatic nitrogens is 1. The van der Waals surface area contributed by atoms with E-state index >= 15 is 0 Å². The zero-order chi connectivity index (χ0) is 17.8. The molecule has 0 aliphatic carbocycles. The van der Waals surface area contributed by atoms with Crippen LogP contribution in [0.2, 0.25) is 0 Å². The molecule has 5 nitrogen and oxygen atoms in total. The molecule has 0 aliphatic rings. The Kier molecular flexibility index (Phi) is 5.09. The number of hydrogen-bond acceptors (Lipinski definition) is 6. The van der Waals surface area contributed by atoms with Crippen molar-refractivity contribution in [2.45, 2.75) is 6.92 Å². The van der Waals surface area contributed by atoms with Gasteiger partial charge in [0.15, 0.2) is 16.6 Å². The van der Waals surface area contributed by atoms with Crippen molar-refractivity contribution in [2.24, 2.45) is 0 Å². The quantitative estimate of drug-likeness (QED) is 0.682. The number of ether oxygens (including phenoxy) is 3. The molecule has 1 aromatic heterocycles. The maximum absolute atomic E-state index is 5.39. The van der Waals surface area contributed by atoms with Crippen LogP contribution in [-0.4, -0.2) is 26.3 Å². The first kappa shape index (κ1) is 17.1. The molecule has 0 saturated carbocycles. The van der Waals surface area contributed by atoms with Crippen LogP contribution in [0.1, 0.15) is 4.88 Å². The van der Waals surface area contributed by atoms with Crippen LogP contribution in [0.4, 0.5) is 10.8 Å². The third kappa shape index (κ3) is 3.69. The number of rotatable bonds is 6. The Morgan fingerprint density at radius 1 is 0.880 bits per heavy atom. The van der Waals surface area contributed by atoms with E-state index < -0.39 is 0 Å². The number of anilines is 2. The van der Waals surface area contributed by atoms with Crippen LogP contribution < -0.4 is 19.5 Å². The summed E-state index contributed by atoms with van der Waals surface area (Å²) in [5.74, 6) is 2.22. The lowest BCUT2D eigenvalue weighted by Gasteiger charge is -2.08. The average Bonchev–Trinajstić information content (AvgIpc) is 3.01. The van der Waals surface area contributed by atoms with Crippen molar-refractivity contribution in [1.29, 1.82) is 0 Å². The van der Waals surface area contributed by atoms with E-state index in [4.69, 9.17) is 19.2 Å². The normalized spacial score (nSPS) is 10.4. The number of aryl methyl sites for hydroxylation is 1. The summed E-state index contributed by atoms with van der Waals surface area (Å²) in [4.78, 5) is 5.86. The number of nitrogens with one attached hydrogen (secondary N) is 1. The second-order valence-electron chi connectivity index (χ2n) is 5.35. The molecule has 3 rings (SSSR count). The first-order valence-corrected chi connectivity index (χ1v) is 8.57. The molecule has 3 aromatic rings. The van der Waals surface area contributed by atoms with Crippen LogP contribution in [0, 0.1) is 6.92 Å². The Labute approximate surface area is 151 Å². The van der Waals surface area contributed by atoms with E-state index in [0.29, 0.717) is 11.5 Å². The molecule has 1 N–H and O–H groups in total. The van der Waals surface area contributed by atoms with E-state index in [9.17, 15) is 0 Å².